The SMILES string of the molecule is I[I+]I.[Tl]. The van der Waals surface area contributed by atoms with Gasteiger partial charge in [0.15, 0.2) is 0 Å². The average Bonchev–Trinajstić information content (AvgIpc) is 0.918. The van der Waals surface area contributed by atoms with Gasteiger partial charge in [0.05, 0.1) is 0 Å². The van der Waals surface area contributed by atoms with Crippen molar-refractivity contribution in [1.29, 1.82) is 0 Å². The third kappa shape index (κ3) is 8.93. The summed E-state index contributed by atoms with van der Waals surface area (Å²) in [5.41, 5.74) is 0. The topological polar surface area (TPSA) is 0 Å². The van der Waals surface area contributed by atoms with Crippen molar-refractivity contribution < 1.29 is 13.3 Å². The van der Waals surface area contributed by atoms with E-state index in [0.717, 1.165) is 0 Å². The predicted molar refractivity (Wildman–Crippen MR) is 33.8 cm³/mol. The molecule has 0 spiro atoms. The maximum Gasteiger partial charge on any atom is 0.421 e. The van der Waals surface area contributed by atoms with Gasteiger partial charge in [-0.3, -0.25) is 0 Å². The summed E-state index contributed by atoms with van der Waals surface area (Å²) in [6.07, 6.45) is 0. The molecule has 0 aromatic heterocycles. The first-order chi connectivity index (χ1) is 1.41. The Hall–Kier alpha value is 3.11. The van der Waals surface area contributed by atoms with Crippen LogP contribution in [0.3, 0.4) is 0 Å². The summed E-state index contributed by atoms with van der Waals surface area (Å²) >= 11 is 5.30. The van der Waals surface area contributed by atoms with E-state index in [9.17, 15) is 0 Å². The smallest absolute Gasteiger partial charge is 0 e. The van der Waals surface area contributed by atoms with Gasteiger partial charge in [0, 0.05) is 27.3 Å². The molecule has 4 heteroatoms. The molecule has 0 saturated heterocycles. The van der Waals surface area contributed by atoms with E-state index in [1.807, 2.05) is 0 Å². The Kier molecular flexibility index (Phi) is 24.0. The van der Waals surface area contributed by atoms with E-state index in [4.69, 9.17) is 0 Å². The zero-order chi connectivity index (χ0) is 2.71. The summed E-state index contributed by atoms with van der Waals surface area (Å²) in [6, 6.07) is 0. The Morgan fingerprint density at radius 2 is 1.25 bits per heavy atom. The van der Waals surface area contributed by atoms with Crippen LogP contribution in [-0.2, 0) is 0 Å². The summed E-state index contributed by atoms with van der Waals surface area (Å²) in [4.78, 5) is 0. The van der Waals surface area contributed by atoms with Crippen molar-refractivity contribution in [2.45, 2.75) is 0 Å². The molecule has 0 unspecified atom stereocenters. The van der Waals surface area contributed by atoms with E-state index in [-0.39, 0.29) is 27.3 Å². The molecule has 1 radical (unpaired) electrons. The Morgan fingerprint density at radius 1 is 1.25 bits per heavy atom. The van der Waals surface area contributed by atoms with Crippen LogP contribution in [0.25, 0.3) is 0 Å². The van der Waals surface area contributed by atoms with Crippen LogP contribution >= 0.6 is 37.2 Å². The molecule has 4 heavy (non-hydrogen) atoms. The second-order valence-electron chi connectivity index (χ2n) is 0.0540. The third-order valence-corrected chi connectivity index (χ3v) is 0. The number of halogens is 3. The normalized spacial score (nSPS) is 4.50. The molecule has 0 heterocycles. The maximum absolute atomic E-state index is 2.39. The minimum absolute atomic E-state index is 0. The molecule has 0 saturated carbocycles. The van der Waals surface area contributed by atoms with Gasteiger partial charge in [-0.1, -0.05) is 0 Å². The van der Waals surface area contributed by atoms with Crippen LogP contribution in [0.15, 0.2) is 0 Å². The fourth-order valence-corrected chi connectivity index (χ4v) is 0. The van der Waals surface area contributed by atoms with Crippen molar-refractivity contribution in [1.82, 2.24) is 0 Å². The third-order valence-electron chi connectivity index (χ3n) is 0. The fraction of sp³-hybridized carbons (Fsp3) is 0. The molecule has 0 N–H and O–H groups in total. The van der Waals surface area contributed by atoms with E-state index in [0.29, 0.717) is 13.3 Å². The van der Waals surface area contributed by atoms with Crippen molar-refractivity contribution in [3.05, 3.63) is 0 Å². The van der Waals surface area contributed by atoms with Gasteiger partial charge in [-0.15, -0.1) is 0 Å². The standard InChI is InChI=1S/I3.Tl/c1-3-2;/q+1;. The van der Waals surface area contributed by atoms with Gasteiger partial charge in [-0.25, -0.2) is 0 Å². The number of hydrogen-bond donors (Lipinski definition) is 0. The summed E-state index contributed by atoms with van der Waals surface area (Å²) in [6.45, 7) is 0. The molecule has 0 aliphatic carbocycles. The van der Waals surface area contributed by atoms with Crippen molar-refractivity contribution in [3.63, 3.8) is 0 Å². The van der Waals surface area contributed by atoms with Crippen LogP contribution in [0, 0.1) is 0 Å². The Morgan fingerprint density at radius 3 is 1.25 bits per heavy atom. The molecule has 0 aliphatic heterocycles. The van der Waals surface area contributed by atoms with Crippen LogP contribution in [0.5, 0.6) is 0 Å². The second kappa shape index (κ2) is 9.45. The predicted octanol–water partition coefficient (Wildman–Crippen LogP) is -1.61. The van der Waals surface area contributed by atoms with Crippen LogP contribution in [0.1, 0.15) is 0 Å². The minimum atomic E-state index is 0. The zero-order valence-corrected chi connectivity index (χ0v) is 12.7. The van der Waals surface area contributed by atoms with Crippen LogP contribution in [0.2, 0.25) is 0 Å². The molecule has 0 aromatic rings. The molecule has 0 rings (SSSR count). The first-order valence-electron chi connectivity index (χ1n) is 0.286. The average molecular weight is 585 g/mol. The first-order valence-corrected chi connectivity index (χ1v) is 12.9. The maximum atomic E-state index is 2.39. The van der Waals surface area contributed by atoms with E-state index >= 15 is 0 Å². The molecule has 0 bridgehead atoms. The fourth-order valence-electron chi connectivity index (χ4n) is 0. The van der Waals surface area contributed by atoms with Crippen LogP contribution < -0.4 is 13.3 Å². The summed E-state index contributed by atoms with van der Waals surface area (Å²) in [5.74, 6) is 0. The second-order valence-corrected chi connectivity index (χ2v) is 16.3. The molecular formula is I3Tl+. The van der Waals surface area contributed by atoms with Gasteiger partial charge in [0.2, 0.25) is 0 Å². The van der Waals surface area contributed by atoms with Gasteiger partial charge in [-0.05, 0) is 0 Å². The summed E-state index contributed by atoms with van der Waals surface area (Å²) < 4.78 is 0. The van der Waals surface area contributed by atoms with E-state index in [1.165, 1.54) is 0 Å². The van der Waals surface area contributed by atoms with Gasteiger partial charge < -0.3 is 0 Å². The number of rotatable bonds is 0. The Balaban J connectivity index is 0. The molecule has 0 atom stereocenters. The Labute approximate surface area is 75.6 Å². The van der Waals surface area contributed by atoms with E-state index in [1.54, 1.807) is 0 Å². The van der Waals surface area contributed by atoms with Crippen molar-refractivity contribution in [3.8, 4) is 0 Å². The van der Waals surface area contributed by atoms with E-state index < -0.39 is 0 Å². The molecule has 23 valence electrons. The molecule has 0 aromatic carbocycles. The van der Waals surface area contributed by atoms with Crippen molar-refractivity contribution in [2.75, 3.05) is 0 Å². The largest absolute Gasteiger partial charge is 0.421 e. The molecule has 0 nitrogen and oxygen atoms in total. The van der Waals surface area contributed by atoms with E-state index in [2.05, 4.69) is 37.2 Å². The monoisotopic (exact) mass is 586 g/mol. The van der Waals surface area contributed by atoms with Crippen molar-refractivity contribution >= 4 is 64.5 Å². The summed E-state index contributed by atoms with van der Waals surface area (Å²) in [7, 11) is 0. The number of hydrogen-bond acceptors (Lipinski definition) is 0. The molecule has 0 aliphatic rings. The quantitative estimate of drug-likeness (QED) is 0.238. The van der Waals surface area contributed by atoms with Gasteiger partial charge in [0.25, 0.3) is 37.2 Å². The minimum Gasteiger partial charge on any atom is 0 e. The zero-order valence-electron chi connectivity index (χ0n) is 1.71. The van der Waals surface area contributed by atoms with Gasteiger partial charge >= 0.3 is 13.3 Å². The Bertz CT molecular complexity index is 3.25. The summed E-state index contributed by atoms with van der Waals surface area (Å²) in [5, 5.41) is 0. The molecule has 0 amide bonds. The molecular weight excluding hydrogens is 585 g/mol. The van der Waals surface area contributed by atoms with Crippen LogP contribution in [-0.4, -0.2) is 27.3 Å². The van der Waals surface area contributed by atoms with Crippen LogP contribution in [0.4, 0.5) is 0 Å². The van der Waals surface area contributed by atoms with Crippen molar-refractivity contribution in [2.24, 2.45) is 0 Å². The van der Waals surface area contributed by atoms with Gasteiger partial charge in [0.1, 0.15) is 0 Å². The molecule has 0 fully saturated rings. The van der Waals surface area contributed by atoms with Gasteiger partial charge in [-0.2, -0.15) is 0 Å². The first kappa shape index (κ1) is 10.2.